The van der Waals surface area contributed by atoms with E-state index in [4.69, 9.17) is 14.9 Å². The smallest absolute Gasteiger partial charge is 0.104 e. The third-order valence-electron chi connectivity index (χ3n) is 2.55. The van der Waals surface area contributed by atoms with Gasteiger partial charge in [-0.05, 0) is 0 Å². The fourth-order valence-electron chi connectivity index (χ4n) is 0.601. The lowest BCUT2D eigenvalue weighted by Gasteiger charge is -2.30. The lowest BCUT2D eigenvalue weighted by molar-refractivity contribution is 0.0819. The van der Waals surface area contributed by atoms with E-state index in [0.717, 1.165) is 0 Å². The van der Waals surface area contributed by atoms with Crippen molar-refractivity contribution >= 4 is 0 Å². The Hall–Kier alpha value is -0.800. The van der Waals surface area contributed by atoms with Gasteiger partial charge < -0.3 is 14.9 Å². The lowest BCUT2D eigenvalue weighted by atomic mass is 9.90. The minimum atomic E-state index is -0.505. The quantitative estimate of drug-likeness (QED) is 0.665. The normalized spacial score (nSPS) is 12.4. The summed E-state index contributed by atoms with van der Waals surface area (Å²) in [7, 11) is 0. The average Bonchev–Trinajstić information content (AvgIpc) is 2.17. The monoisotopic (exact) mass is 214 g/mol. The van der Waals surface area contributed by atoms with E-state index >= 15 is 0 Å². The highest BCUT2D eigenvalue weighted by molar-refractivity contribution is 5.07. The van der Waals surface area contributed by atoms with Gasteiger partial charge in [0.25, 0.3) is 0 Å². The molecule has 0 spiro atoms. The van der Waals surface area contributed by atoms with E-state index in [0.29, 0.717) is 11.5 Å². The molecule has 0 radical (unpaired) electrons. The van der Waals surface area contributed by atoms with Crippen LogP contribution in [-0.2, 0) is 4.74 Å². The molecular weight excluding hydrogens is 192 g/mol. The van der Waals surface area contributed by atoms with Gasteiger partial charge in [0.1, 0.15) is 11.5 Å². The molecule has 88 valence electrons. The first-order chi connectivity index (χ1) is 6.67. The van der Waals surface area contributed by atoms with Crippen molar-refractivity contribution in [3.05, 3.63) is 24.7 Å². The van der Waals surface area contributed by atoms with Crippen LogP contribution in [-0.4, -0.2) is 23.4 Å². The molecule has 0 unspecified atom stereocenters. The van der Waals surface area contributed by atoms with E-state index in [1.54, 1.807) is 0 Å². The highest BCUT2D eigenvalue weighted by Crippen LogP contribution is 2.32. The Balaban J connectivity index is 4.51. The third-order valence-corrected chi connectivity index (χ3v) is 2.55. The van der Waals surface area contributed by atoms with Gasteiger partial charge in [-0.1, -0.05) is 40.9 Å². The van der Waals surface area contributed by atoms with E-state index in [2.05, 4.69) is 13.2 Å². The molecule has 15 heavy (non-hydrogen) atoms. The van der Waals surface area contributed by atoms with Gasteiger partial charge in [0.2, 0.25) is 0 Å². The summed E-state index contributed by atoms with van der Waals surface area (Å²) >= 11 is 0. The van der Waals surface area contributed by atoms with Crippen molar-refractivity contribution < 1.29 is 14.9 Å². The first kappa shape index (κ1) is 14.2. The van der Waals surface area contributed by atoms with E-state index in [-0.39, 0.29) is 13.2 Å². The lowest BCUT2D eigenvalue weighted by Crippen LogP contribution is -2.25. The van der Waals surface area contributed by atoms with Crippen LogP contribution >= 0.6 is 0 Å². The Morgan fingerprint density at radius 2 is 1.20 bits per heavy atom. The van der Waals surface area contributed by atoms with Crippen molar-refractivity contribution in [1.29, 1.82) is 0 Å². The zero-order chi connectivity index (χ0) is 12.3. The Kier molecular flexibility index (Phi) is 4.56. The molecule has 0 atom stereocenters. The van der Waals surface area contributed by atoms with Crippen molar-refractivity contribution in [2.45, 2.75) is 27.7 Å². The predicted molar refractivity (Wildman–Crippen MR) is 61.1 cm³/mol. The van der Waals surface area contributed by atoms with Gasteiger partial charge in [-0.15, -0.1) is 0 Å². The number of ether oxygens (including phenoxy) is 1. The second-order valence-corrected chi connectivity index (χ2v) is 5.03. The van der Waals surface area contributed by atoms with Gasteiger partial charge in [0, 0.05) is 10.8 Å². The number of rotatable bonds is 6. The van der Waals surface area contributed by atoms with Crippen LogP contribution < -0.4 is 0 Å². The molecule has 0 bridgehead atoms. The van der Waals surface area contributed by atoms with E-state index in [1.807, 2.05) is 27.7 Å². The molecule has 0 rings (SSSR count). The Labute approximate surface area is 92.1 Å². The minimum absolute atomic E-state index is 0.0430. The number of aliphatic hydroxyl groups excluding tert-OH is 2. The van der Waals surface area contributed by atoms with Crippen molar-refractivity contribution in [1.82, 2.24) is 0 Å². The first-order valence-corrected chi connectivity index (χ1v) is 4.95. The molecular formula is C12H22O3. The molecule has 2 N–H and O–H groups in total. The summed E-state index contributed by atoms with van der Waals surface area (Å²) in [5.74, 6) is 0.910. The number of aliphatic hydroxyl groups is 2. The Bertz CT molecular complexity index is 226. The Morgan fingerprint density at radius 3 is 1.40 bits per heavy atom. The zero-order valence-corrected chi connectivity index (χ0v) is 10.1. The van der Waals surface area contributed by atoms with Crippen LogP contribution in [0.15, 0.2) is 24.7 Å². The van der Waals surface area contributed by atoms with Crippen molar-refractivity contribution in [3.8, 4) is 0 Å². The van der Waals surface area contributed by atoms with Gasteiger partial charge in [-0.3, -0.25) is 0 Å². The van der Waals surface area contributed by atoms with Crippen LogP contribution in [0.25, 0.3) is 0 Å². The van der Waals surface area contributed by atoms with Crippen LogP contribution in [0.4, 0.5) is 0 Å². The summed E-state index contributed by atoms with van der Waals surface area (Å²) in [6.45, 7) is 14.7. The second kappa shape index (κ2) is 4.81. The topological polar surface area (TPSA) is 49.7 Å². The maximum absolute atomic E-state index is 9.12. The molecule has 0 aliphatic carbocycles. The first-order valence-electron chi connectivity index (χ1n) is 4.95. The van der Waals surface area contributed by atoms with E-state index < -0.39 is 10.8 Å². The summed E-state index contributed by atoms with van der Waals surface area (Å²) in [5.41, 5.74) is -1.01. The molecule has 0 saturated heterocycles. The SMILES string of the molecule is C=C(OC(=C)C(C)(C)CO)C(C)(C)CO. The standard InChI is InChI=1S/C12H22O3/c1-9(11(3,4)7-13)15-10(2)12(5,6)8-14/h13-14H,1-2,7-8H2,3-6H3. The van der Waals surface area contributed by atoms with Crippen LogP contribution in [0, 0.1) is 10.8 Å². The molecule has 3 nitrogen and oxygen atoms in total. The molecule has 0 aliphatic rings. The Morgan fingerprint density at radius 1 is 0.933 bits per heavy atom. The van der Waals surface area contributed by atoms with Gasteiger partial charge in [0.05, 0.1) is 13.2 Å². The van der Waals surface area contributed by atoms with Gasteiger partial charge >= 0.3 is 0 Å². The predicted octanol–water partition coefficient (Wildman–Crippen LogP) is 2.07. The molecule has 0 saturated carbocycles. The zero-order valence-electron chi connectivity index (χ0n) is 10.1. The second-order valence-electron chi connectivity index (χ2n) is 5.03. The fraction of sp³-hybridized carbons (Fsp3) is 0.667. The van der Waals surface area contributed by atoms with Gasteiger partial charge in [-0.25, -0.2) is 0 Å². The summed E-state index contributed by atoms with van der Waals surface area (Å²) in [5, 5.41) is 18.2. The molecule has 3 heteroatoms. The van der Waals surface area contributed by atoms with Crippen molar-refractivity contribution in [2.24, 2.45) is 10.8 Å². The van der Waals surface area contributed by atoms with E-state index in [1.165, 1.54) is 0 Å². The van der Waals surface area contributed by atoms with Gasteiger partial charge in [0.15, 0.2) is 0 Å². The third kappa shape index (κ3) is 3.68. The number of hydrogen-bond donors (Lipinski definition) is 2. The summed E-state index contributed by atoms with van der Waals surface area (Å²) < 4.78 is 5.45. The summed E-state index contributed by atoms with van der Waals surface area (Å²) in [6.07, 6.45) is 0. The molecule has 0 aromatic rings. The molecule has 0 aromatic carbocycles. The minimum Gasteiger partial charge on any atom is -0.466 e. The molecule has 0 fully saturated rings. The van der Waals surface area contributed by atoms with Crippen LogP contribution in [0.2, 0.25) is 0 Å². The molecule has 0 aliphatic heterocycles. The molecule has 0 amide bonds. The summed E-state index contributed by atoms with van der Waals surface area (Å²) in [4.78, 5) is 0. The van der Waals surface area contributed by atoms with Crippen LogP contribution in [0.5, 0.6) is 0 Å². The average molecular weight is 214 g/mol. The fourth-order valence-corrected chi connectivity index (χ4v) is 0.601. The van der Waals surface area contributed by atoms with Crippen molar-refractivity contribution in [3.63, 3.8) is 0 Å². The largest absolute Gasteiger partial charge is 0.466 e. The molecule has 0 heterocycles. The maximum Gasteiger partial charge on any atom is 0.104 e. The summed E-state index contributed by atoms with van der Waals surface area (Å²) in [6, 6.07) is 0. The maximum atomic E-state index is 9.12. The highest BCUT2D eigenvalue weighted by atomic mass is 16.5. The van der Waals surface area contributed by atoms with Crippen molar-refractivity contribution in [2.75, 3.05) is 13.2 Å². The van der Waals surface area contributed by atoms with Gasteiger partial charge in [-0.2, -0.15) is 0 Å². The van der Waals surface area contributed by atoms with Crippen LogP contribution in [0.1, 0.15) is 27.7 Å². The highest BCUT2D eigenvalue weighted by Gasteiger charge is 2.28. The molecule has 0 aromatic heterocycles. The van der Waals surface area contributed by atoms with Crippen LogP contribution in [0.3, 0.4) is 0 Å². The number of hydrogen-bond acceptors (Lipinski definition) is 3. The van der Waals surface area contributed by atoms with E-state index in [9.17, 15) is 0 Å².